The topological polar surface area (TPSA) is 0 Å². The van der Waals surface area contributed by atoms with Crippen molar-refractivity contribution in [3.63, 3.8) is 0 Å². The van der Waals surface area contributed by atoms with E-state index in [4.69, 9.17) is 0 Å². The second kappa shape index (κ2) is 17.9. The van der Waals surface area contributed by atoms with Gasteiger partial charge in [0.1, 0.15) is 0 Å². The van der Waals surface area contributed by atoms with Crippen molar-refractivity contribution in [3.8, 4) is 0 Å². The Morgan fingerprint density at radius 3 is 0.750 bits per heavy atom. The van der Waals surface area contributed by atoms with E-state index < -0.39 is 0 Å². The van der Waals surface area contributed by atoms with Crippen LogP contribution in [0.1, 0.15) is 0 Å². The molecular formula is H2Cl2LaTi. The maximum Gasteiger partial charge on any atom is 0 e. The van der Waals surface area contributed by atoms with Crippen molar-refractivity contribution in [3.05, 3.63) is 0 Å². The van der Waals surface area contributed by atoms with Gasteiger partial charge in [0, 0.05) is 57.3 Å². The van der Waals surface area contributed by atoms with Gasteiger partial charge in [-0.15, -0.1) is 24.8 Å². The Labute approximate surface area is 80.8 Å². The van der Waals surface area contributed by atoms with Gasteiger partial charge in [-0.2, -0.15) is 0 Å². The molecule has 0 saturated carbocycles. The summed E-state index contributed by atoms with van der Waals surface area (Å²) in [5.74, 6) is 0. The molecule has 0 saturated heterocycles. The Hall–Kier alpha value is 2.49. The van der Waals surface area contributed by atoms with E-state index in [-0.39, 0.29) is 82.1 Å². The molecule has 0 aromatic carbocycles. The maximum atomic E-state index is 0. The number of hydrogen-bond donors (Lipinski definition) is 0. The SMILES string of the molecule is Cl.Cl.[La].[Ti]. The monoisotopic (exact) mass is 259 g/mol. The second-order valence-corrected chi connectivity index (χ2v) is 0. The van der Waals surface area contributed by atoms with Crippen molar-refractivity contribution in [2.75, 3.05) is 0 Å². The summed E-state index contributed by atoms with van der Waals surface area (Å²) in [4.78, 5) is 0. The van der Waals surface area contributed by atoms with Crippen LogP contribution < -0.4 is 0 Å². The van der Waals surface area contributed by atoms with E-state index in [2.05, 4.69) is 0 Å². The molecular weight excluding hydrogens is 258 g/mol. The van der Waals surface area contributed by atoms with Gasteiger partial charge < -0.3 is 0 Å². The Balaban J connectivity index is 0. The minimum atomic E-state index is 0. The molecule has 4 heteroatoms. The molecule has 0 aliphatic rings. The first-order valence-corrected chi connectivity index (χ1v) is 0. The number of hydrogen-bond acceptors (Lipinski definition) is 0. The molecule has 0 rings (SSSR count). The van der Waals surface area contributed by atoms with Crippen molar-refractivity contribution >= 4 is 24.8 Å². The predicted molar refractivity (Wildman–Crippen MR) is 14.5 cm³/mol. The molecule has 1 radical (unpaired) electrons. The molecule has 0 aromatic heterocycles. The van der Waals surface area contributed by atoms with E-state index in [1.54, 1.807) is 0 Å². The van der Waals surface area contributed by atoms with Gasteiger partial charge in [-0.05, 0) is 0 Å². The predicted octanol–water partition coefficient (Wildman–Crippen LogP) is 0.841. The normalized spacial score (nSPS) is 0. The van der Waals surface area contributed by atoms with Gasteiger partial charge >= 0.3 is 0 Å². The van der Waals surface area contributed by atoms with Gasteiger partial charge in [-0.25, -0.2) is 0 Å². The van der Waals surface area contributed by atoms with E-state index in [1.165, 1.54) is 0 Å². The third kappa shape index (κ3) is 8.82. The van der Waals surface area contributed by atoms with E-state index in [9.17, 15) is 0 Å². The van der Waals surface area contributed by atoms with Crippen LogP contribution >= 0.6 is 24.8 Å². The van der Waals surface area contributed by atoms with Gasteiger partial charge in [0.25, 0.3) is 0 Å². The van der Waals surface area contributed by atoms with Gasteiger partial charge in [0.15, 0.2) is 0 Å². The average Bonchev–Trinajstić information content (AvgIpc) is 0. The van der Waals surface area contributed by atoms with Crippen LogP contribution in [-0.2, 0) is 21.7 Å². The van der Waals surface area contributed by atoms with Crippen molar-refractivity contribution in [2.24, 2.45) is 0 Å². The van der Waals surface area contributed by atoms with Crippen molar-refractivity contribution in [1.82, 2.24) is 0 Å². The number of rotatable bonds is 0. The molecule has 0 spiro atoms. The van der Waals surface area contributed by atoms with Crippen LogP contribution in [0.25, 0.3) is 0 Å². The molecule has 0 atom stereocenters. The third-order valence-electron chi connectivity index (χ3n) is 0. The molecule has 0 amide bonds. The summed E-state index contributed by atoms with van der Waals surface area (Å²) in [7, 11) is 0. The molecule has 4 heavy (non-hydrogen) atoms. The van der Waals surface area contributed by atoms with Crippen LogP contribution in [-0.4, -0.2) is 0 Å². The largest absolute Gasteiger partial charge is 0.147 e. The zero-order valence-electron chi connectivity index (χ0n) is 1.89. The molecule has 0 aromatic rings. The third-order valence-corrected chi connectivity index (χ3v) is 0. The van der Waals surface area contributed by atoms with Crippen LogP contribution in [0.2, 0.25) is 0 Å². The fourth-order valence-corrected chi connectivity index (χ4v) is 0. The van der Waals surface area contributed by atoms with E-state index in [0.29, 0.717) is 0 Å². The molecule has 0 heterocycles. The minimum absolute atomic E-state index is 0. The fourth-order valence-electron chi connectivity index (χ4n) is 0. The fraction of sp³-hybridized carbons (Fsp3) is 0. The summed E-state index contributed by atoms with van der Waals surface area (Å²) in [5.41, 5.74) is 0. The summed E-state index contributed by atoms with van der Waals surface area (Å²) in [6.45, 7) is 0. The molecule has 0 fully saturated rings. The summed E-state index contributed by atoms with van der Waals surface area (Å²) < 4.78 is 0. The van der Waals surface area contributed by atoms with Crippen LogP contribution in [0.4, 0.5) is 0 Å². The first-order valence-electron chi connectivity index (χ1n) is 0. The smallest absolute Gasteiger partial charge is 0 e. The summed E-state index contributed by atoms with van der Waals surface area (Å²) in [5, 5.41) is 0. The molecule has 0 N–H and O–H groups in total. The Bertz CT molecular complexity index is 6.00. The Morgan fingerprint density at radius 2 is 0.750 bits per heavy atom. The second-order valence-electron chi connectivity index (χ2n) is 0. The van der Waals surface area contributed by atoms with Crippen LogP contribution in [0.3, 0.4) is 0 Å². The average molecular weight is 260 g/mol. The van der Waals surface area contributed by atoms with Gasteiger partial charge in [0.2, 0.25) is 0 Å². The minimum Gasteiger partial charge on any atom is -0.147 e. The summed E-state index contributed by atoms with van der Waals surface area (Å²) in [6, 6.07) is 0. The van der Waals surface area contributed by atoms with Crippen LogP contribution in [0, 0.1) is 35.6 Å². The molecule has 23 valence electrons. The van der Waals surface area contributed by atoms with Crippen LogP contribution in [0.5, 0.6) is 0 Å². The molecule has 0 aliphatic heterocycles. The van der Waals surface area contributed by atoms with Crippen molar-refractivity contribution in [2.45, 2.75) is 0 Å². The standard InChI is InChI=1S/2ClH.La.Ti/h2*1H;;. The van der Waals surface area contributed by atoms with Gasteiger partial charge in [-0.3, -0.25) is 0 Å². The molecule has 0 unspecified atom stereocenters. The molecule has 0 nitrogen and oxygen atoms in total. The maximum absolute atomic E-state index is 0. The van der Waals surface area contributed by atoms with Crippen molar-refractivity contribution < 1.29 is 57.3 Å². The summed E-state index contributed by atoms with van der Waals surface area (Å²) >= 11 is 0. The molecule has 0 aliphatic carbocycles. The Morgan fingerprint density at radius 1 is 0.750 bits per heavy atom. The van der Waals surface area contributed by atoms with Crippen molar-refractivity contribution in [1.29, 1.82) is 0 Å². The van der Waals surface area contributed by atoms with E-state index in [1.807, 2.05) is 0 Å². The zero-order valence-corrected chi connectivity index (χ0v) is 8.71. The van der Waals surface area contributed by atoms with E-state index >= 15 is 0 Å². The van der Waals surface area contributed by atoms with Gasteiger partial charge in [0.05, 0.1) is 0 Å². The number of halogens is 2. The Kier molecular flexibility index (Phi) is 141. The van der Waals surface area contributed by atoms with Crippen LogP contribution in [0.15, 0.2) is 0 Å². The first-order chi connectivity index (χ1) is 0. The zero-order chi connectivity index (χ0) is 0. The first kappa shape index (κ1) is 31.6. The summed E-state index contributed by atoms with van der Waals surface area (Å²) in [6.07, 6.45) is 0. The van der Waals surface area contributed by atoms with E-state index in [0.717, 1.165) is 0 Å². The van der Waals surface area contributed by atoms with Gasteiger partial charge in [-0.1, -0.05) is 0 Å². The molecule has 0 bridgehead atoms. The quantitative estimate of drug-likeness (QED) is 0.566.